The molecule has 140 valence electrons. The van der Waals surface area contributed by atoms with E-state index >= 15 is 0 Å². The molecule has 2 aromatic heterocycles. The molecule has 1 amide bonds. The average Bonchev–Trinajstić information content (AvgIpc) is 2.90. The lowest BCUT2D eigenvalue weighted by Crippen LogP contribution is -2.43. The third-order valence-corrected chi connectivity index (χ3v) is 7.08. The Bertz CT molecular complexity index is 900. The number of amides is 1. The standard InChI is InChI=1S/C19H25N3O2S2/c1-5-9-22-18(24)16-13(3)14(4)26-17(16)20-19(22)25-11-15(23)21-10-7-6-8-12(21)2/h5,12H,1,6-11H2,2-4H3. The number of fused-ring (bicyclic) bond motifs is 1. The predicted octanol–water partition coefficient (Wildman–Crippen LogP) is 3.75. The van der Waals surface area contributed by atoms with Gasteiger partial charge in [-0.1, -0.05) is 17.8 Å². The van der Waals surface area contributed by atoms with Gasteiger partial charge in [-0.05, 0) is 45.6 Å². The number of thiophene rings is 1. The van der Waals surface area contributed by atoms with Crippen molar-refractivity contribution in [3.05, 3.63) is 33.4 Å². The van der Waals surface area contributed by atoms with Gasteiger partial charge in [-0.2, -0.15) is 0 Å². The quantitative estimate of drug-likeness (QED) is 0.442. The summed E-state index contributed by atoms with van der Waals surface area (Å²) in [7, 11) is 0. The Kier molecular flexibility index (Phi) is 5.87. The SMILES string of the molecule is C=CCn1c(SCC(=O)N2CCCCC2C)nc2sc(C)c(C)c2c1=O. The molecule has 26 heavy (non-hydrogen) atoms. The van der Waals surface area contributed by atoms with Crippen molar-refractivity contribution >= 4 is 39.2 Å². The van der Waals surface area contributed by atoms with Gasteiger partial charge in [0.1, 0.15) is 4.83 Å². The number of likely N-dealkylation sites (tertiary alicyclic amines) is 1. The molecule has 0 aromatic carbocycles. The second-order valence-electron chi connectivity index (χ2n) is 6.78. The summed E-state index contributed by atoms with van der Waals surface area (Å²) < 4.78 is 1.63. The third-order valence-electron chi connectivity index (χ3n) is 5.01. The van der Waals surface area contributed by atoms with Gasteiger partial charge in [-0.3, -0.25) is 14.2 Å². The van der Waals surface area contributed by atoms with E-state index in [4.69, 9.17) is 4.98 Å². The van der Waals surface area contributed by atoms with Crippen molar-refractivity contribution in [1.29, 1.82) is 0 Å². The number of nitrogens with zero attached hydrogens (tertiary/aromatic N) is 3. The molecular formula is C19H25N3O2S2. The summed E-state index contributed by atoms with van der Waals surface area (Å²) in [4.78, 5) is 34.1. The zero-order valence-electron chi connectivity index (χ0n) is 15.6. The fourth-order valence-electron chi connectivity index (χ4n) is 3.39. The predicted molar refractivity (Wildman–Crippen MR) is 109 cm³/mol. The van der Waals surface area contributed by atoms with Crippen LogP contribution in [0.15, 0.2) is 22.6 Å². The minimum atomic E-state index is -0.0435. The molecule has 1 atom stereocenters. The summed E-state index contributed by atoms with van der Waals surface area (Å²) in [6, 6.07) is 0.297. The van der Waals surface area contributed by atoms with Gasteiger partial charge in [0.05, 0.1) is 11.1 Å². The number of carbonyl (C=O) groups excluding carboxylic acids is 1. The number of hydrogen-bond acceptors (Lipinski definition) is 5. The van der Waals surface area contributed by atoms with Gasteiger partial charge < -0.3 is 4.90 Å². The maximum absolute atomic E-state index is 12.9. The minimum absolute atomic E-state index is 0.0435. The van der Waals surface area contributed by atoms with E-state index in [-0.39, 0.29) is 11.5 Å². The van der Waals surface area contributed by atoms with E-state index in [0.29, 0.717) is 28.9 Å². The van der Waals surface area contributed by atoms with Crippen molar-refractivity contribution in [2.45, 2.75) is 57.8 Å². The highest BCUT2D eigenvalue weighted by Crippen LogP contribution is 2.28. The summed E-state index contributed by atoms with van der Waals surface area (Å²) >= 11 is 2.89. The van der Waals surface area contributed by atoms with Crippen LogP contribution in [0, 0.1) is 13.8 Å². The Labute approximate surface area is 162 Å². The molecule has 0 saturated carbocycles. The fourth-order valence-corrected chi connectivity index (χ4v) is 5.35. The molecular weight excluding hydrogens is 366 g/mol. The van der Waals surface area contributed by atoms with Gasteiger partial charge in [0, 0.05) is 24.0 Å². The van der Waals surface area contributed by atoms with Crippen LogP contribution >= 0.6 is 23.1 Å². The van der Waals surface area contributed by atoms with E-state index in [1.807, 2.05) is 18.7 Å². The average molecular weight is 392 g/mol. The maximum Gasteiger partial charge on any atom is 0.263 e. The summed E-state index contributed by atoms with van der Waals surface area (Å²) in [5, 5.41) is 1.29. The van der Waals surface area contributed by atoms with Crippen molar-refractivity contribution in [3.8, 4) is 0 Å². The van der Waals surface area contributed by atoms with E-state index < -0.39 is 0 Å². The minimum Gasteiger partial charge on any atom is -0.339 e. The van der Waals surface area contributed by atoms with Gasteiger partial charge in [-0.25, -0.2) is 4.98 Å². The first-order valence-corrected chi connectivity index (χ1v) is 10.8. The Balaban J connectivity index is 1.89. The molecule has 3 heterocycles. The topological polar surface area (TPSA) is 55.2 Å². The number of hydrogen-bond donors (Lipinski definition) is 0. The zero-order chi connectivity index (χ0) is 18.8. The van der Waals surface area contributed by atoms with Gasteiger partial charge in [0.15, 0.2) is 5.16 Å². The zero-order valence-corrected chi connectivity index (χ0v) is 17.2. The first-order chi connectivity index (χ1) is 12.4. The molecule has 1 fully saturated rings. The second kappa shape index (κ2) is 7.96. The van der Waals surface area contributed by atoms with Crippen LogP contribution in [0.4, 0.5) is 0 Å². The number of aryl methyl sites for hydroxylation is 2. The fraction of sp³-hybridized carbons (Fsp3) is 0.526. The number of aromatic nitrogens is 2. The lowest BCUT2D eigenvalue weighted by atomic mass is 10.0. The van der Waals surface area contributed by atoms with Crippen LogP contribution < -0.4 is 5.56 Å². The highest BCUT2D eigenvalue weighted by molar-refractivity contribution is 7.99. The van der Waals surface area contributed by atoms with Gasteiger partial charge in [0.25, 0.3) is 5.56 Å². The summed E-state index contributed by atoms with van der Waals surface area (Å²) in [6.45, 7) is 11.1. The summed E-state index contributed by atoms with van der Waals surface area (Å²) in [5.74, 6) is 0.434. The number of piperidine rings is 1. The van der Waals surface area contributed by atoms with E-state index in [0.717, 1.165) is 34.7 Å². The third kappa shape index (κ3) is 3.60. The largest absolute Gasteiger partial charge is 0.339 e. The second-order valence-corrected chi connectivity index (χ2v) is 8.93. The van der Waals surface area contributed by atoms with Crippen LogP contribution in [0.5, 0.6) is 0 Å². The maximum atomic E-state index is 12.9. The van der Waals surface area contributed by atoms with Crippen LogP contribution in [0.3, 0.4) is 0 Å². The van der Waals surface area contributed by atoms with Crippen LogP contribution in [0.25, 0.3) is 10.2 Å². The van der Waals surface area contributed by atoms with Crippen LogP contribution in [0.1, 0.15) is 36.6 Å². The highest BCUT2D eigenvalue weighted by atomic mass is 32.2. The van der Waals surface area contributed by atoms with Crippen molar-refractivity contribution in [1.82, 2.24) is 14.5 Å². The van der Waals surface area contributed by atoms with Crippen molar-refractivity contribution in [3.63, 3.8) is 0 Å². The Morgan fingerprint density at radius 3 is 2.88 bits per heavy atom. The number of thioether (sulfide) groups is 1. The van der Waals surface area contributed by atoms with Gasteiger partial charge in [-0.15, -0.1) is 17.9 Å². The van der Waals surface area contributed by atoms with Crippen LogP contribution in [-0.2, 0) is 11.3 Å². The van der Waals surface area contributed by atoms with Crippen LogP contribution in [-0.4, -0.2) is 38.7 Å². The summed E-state index contributed by atoms with van der Waals surface area (Å²) in [6.07, 6.45) is 5.02. The number of rotatable bonds is 5. The van der Waals surface area contributed by atoms with Crippen LogP contribution in [0.2, 0.25) is 0 Å². The van der Waals surface area contributed by atoms with E-state index in [2.05, 4.69) is 13.5 Å². The molecule has 7 heteroatoms. The van der Waals surface area contributed by atoms with Gasteiger partial charge in [0.2, 0.25) is 5.91 Å². The Morgan fingerprint density at radius 1 is 1.42 bits per heavy atom. The van der Waals surface area contributed by atoms with Crippen molar-refractivity contribution in [2.75, 3.05) is 12.3 Å². The first-order valence-electron chi connectivity index (χ1n) is 8.97. The normalized spacial score (nSPS) is 17.7. The molecule has 3 rings (SSSR count). The molecule has 0 spiro atoms. The summed E-state index contributed by atoms with van der Waals surface area (Å²) in [5.41, 5.74) is 0.952. The molecule has 0 N–H and O–H groups in total. The molecule has 0 radical (unpaired) electrons. The van der Waals surface area contributed by atoms with Gasteiger partial charge >= 0.3 is 0 Å². The first kappa shape index (κ1) is 19.2. The molecule has 1 aliphatic rings. The molecule has 2 aromatic rings. The number of carbonyl (C=O) groups is 1. The number of allylic oxidation sites excluding steroid dienone is 1. The Hall–Kier alpha value is -1.60. The monoisotopic (exact) mass is 391 g/mol. The van der Waals surface area contributed by atoms with E-state index in [9.17, 15) is 9.59 Å². The van der Waals surface area contributed by atoms with Crippen molar-refractivity contribution < 1.29 is 4.79 Å². The lowest BCUT2D eigenvalue weighted by Gasteiger charge is -2.33. The molecule has 0 aliphatic carbocycles. The van der Waals surface area contributed by atoms with Crippen molar-refractivity contribution in [2.24, 2.45) is 0 Å². The lowest BCUT2D eigenvalue weighted by molar-refractivity contribution is -0.131. The molecule has 1 saturated heterocycles. The smallest absolute Gasteiger partial charge is 0.263 e. The molecule has 5 nitrogen and oxygen atoms in total. The highest BCUT2D eigenvalue weighted by Gasteiger charge is 2.24. The van der Waals surface area contributed by atoms with E-state index in [1.165, 1.54) is 29.5 Å². The molecule has 1 aliphatic heterocycles. The molecule has 0 bridgehead atoms. The molecule has 1 unspecified atom stereocenters. The van der Waals surface area contributed by atoms with E-state index in [1.54, 1.807) is 10.6 Å². The Morgan fingerprint density at radius 2 is 2.19 bits per heavy atom.